The van der Waals surface area contributed by atoms with Gasteiger partial charge in [0.2, 0.25) is 0 Å². The lowest BCUT2D eigenvalue weighted by atomic mass is 9.94. The van der Waals surface area contributed by atoms with Crippen LogP contribution >= 0.6 is 0 Å². The van der Waals surface area contributed by atoms with E-state index in [0.29, 0.717) is 12.3 Å². The van der Waals surface area contributed by atoms with E-state index < -0.39 is 0 Å². The summed E-state index contributed by atoms with van der Waals surface area (Å²) in [6.07, 6.45) is 4.54. The largest absolute Gasteiger partial charge is 0.300 e. The fourth-order valence-corrected chi connectivity index (χ4v) is 1.67. The maximum Gasteiger partial charge on any atom is 0.130 e. The fraction of sp³-hybridized carbons (Fsp3) is 0.500. The van der Waals surface area contributed by atoms with Crippen LogP contribution in [0.2, 0.25) is 0 Å². The van der Waals surface area contributed by atoms with Gasteiger partial charge in [-0.05, 0) is 25.5 Å². The van der Waals surface area contributed by atoms with Crippen molar-refractivity contribution in [3.63, 3.8) is 0 Å². The van der Waals surface area contributed by atoms with E-state index in [1.165, 1.54) is 0 Å². The highest BCUT2D eigenvalue weighted by Crippen LogP contribution is 2.22. The second kappa shape index (κ2) is 5.53. The van der Waals surface area contributed by atoms with Gasteiger partial charge in [-0.2, -0.15) is 0 Å². The van der Waals surface area contributed by atoms with Crippen LogP contribution in [-0.2, 0) is 4.79 Å². The minimum Gasteiger partial charge on any atom is -0.300 e. The van der Waals surface area contributed by atoms with Gasteiger partial charge >= 0.3 is 0 Å². The summed E-state index contributed by atoms with van der Waals surface area (Å²) < 4.78 is 0. The number of pyridine rings is 1. The number of ketones is 1. The molecule has 0 aliphatic carbocycles. The molecule has 0 aliphatic rings. The third-order valence-corrected chi connectivity index (χ3v) is 2.28. The molecule has 0 amide bonds. The molecule has 1 aromatic heterocycles. The molecule has 0 N–H and O–H groups in total. The number of aromatic nitrogens is 1. The maximum atomic E-state index is 11.1. The highest BCUT2D eigenvalue weighted by atomic mass is 16.1. The lowest BCUT2D eigenvalue weighted by molar-refractivity contribution is -0.117. The lowest BCUT2D eigenvalue weighted by Crippen LogP contribution is -2.05. The summed E-state index contributed by atoms with van der Waals surface area (Å²) >= 11 is 0. The molecular formula is C12H17NO. The van der Waals surface area contributed by atoms with Gasteiger partial charge in [0, 0.05) is 24.2 Å². The van der Waals surface area contributed by atoms with Gasteiger partial charge in [-0.25, -0.2) is 0 Å². The molecule has 0 radical (unpaired) electrons. The van der Waals surface area contributed by atoms with Crippen molar-refractivity contribution >= 4 is 5.78 Å². The summed E-state index contributed by atoms with van der Waals surface area (Å²) in [5, 5.41) is 0. The highest BCUT2D eigenvalue weighted by Gasteiger charge is 2.13. The van der Waals surface area contributed by atoms with Crippen LogP contribution in [0.15, 0.2) is 24.4 Å². The van der Waals surface area contributed by atoms with E-state index in [2.05, 4.69) is 11.9 Å². The van der Waals surface area contributed by atoms with E-state index in [1.54, 1.807) is 13.1 Å². The third kappa shape index (κ3) is 3.29. The predicted octanol–water partition coefficient (Wildman–Crippen LogP) is 2.94. The second-order valence-electron chi connectivity index (χ2n) is 3.65. The van der Waals surface area contributed by atoms with E-state index in [9.17, 15) is 4.79 Å². The summed E-state index contributed by atoms with van der Waals surface area (Å²) in [4.78, 5) is 15.4. The molecule has 2 heteroatoms. The molecule has 0 aliphatic heterocycles. The topological polar surface area (TPSA) is 30.0 Å². The average Bonchev–Trinajstić information content (AvgIpc) is 2.18. The van der Waals surface area contributed by atoms with Gasteiger partial charge in [-0.1, -0.05) is 19.4 Å². The SMILES string of the molecule is CCCC(CC(C)=O)c1ccccn1. The van der Waals surface area contributed by atoms with Gasteiger partial charge < -0.3 is 4.79 Å². The number of carbonyl (C=O) groups is 1. The number of Topliss-reactive ketones (excluding diaryl/α,β-unsaturated/α-hetero) is 1. The van der Waals surface area contributed by atoms with E-state index in [4.69, 9.17) is 0 Å². The van der Waals surface area contributed by atoms with Gasteiger partial charge in [0.05, 0.1) is 0 Å². The maximum absolute atomic E-state index is 11.1. The Morgan fingerprint density at radius 1 is 1.50 bits per heavy atom. The summed E-state index contributed by atoms with van der Waals surface area (Å²) in [5.74, 6) is 0.549. The molecule has 1 atom stereocenters. The number of rotatable bonds is 5. The summed E-state index contributed by atoms with van der Waals surface area (Å²) in [6, 6.07) is 5.88. The number of hydrogen-bond acceptors (Lipinski definition) is 2. The Labute approximate surface area is 85.4 Å². The Hall–Kier alpha value is -1.18. The van der Waals surface area contributed by atoms with Crippen molar-refractivity contribution < 1.29 is 4.79 Å². The first-order valence-corrected chi connectivity index (χ1v) is 5.14. The van der Waals surface area contributed by atoms with Crippen LogP contribution in [0, 0.1) is 0 Å². The molecule has 0 saturated heterocycles. The summed E-state index contributed by atoms with van der Waals surface area (Å²) in [7, 11) is 0. The number of nitrogens with zero attached hydrogens (tertiary/aromatic N) is 1. The third-order valence-electron chi connectivity index (χ3n) is 2.28. The minimum absolute atomic E-state index is 0.245. The van der Waals surface area contributed by atoms with Crippen molar-refractivity contribution in [3.8, 4) is 0 Å². The molecule has 14 heavy (non-hydrogen) atoms. The molecule has 0 aromatic carbocycles. The standard InChI is InChI=1S/C12H17NO/c1-3-6-11(9-10(2)14)12-7-4-5-8-13-12/h4-5,7-8,11H,3,6,9H2,1-2H3. The van der Waals surface area contributed by atoms with Crippen LogP contribution in [0.5, 0.6) is 0 Å². The highest BCUT2D eigenvalue weighted by molar-refractivity contribution is 5.76. The van der Waals surface area contributed by atoms with Crippen molar-refractivity contribution in [2.24, 2.45) is 0 Å². The Kier molecular flexibility index (Phi) is 4.30. The first kappa shape index (κ1) is 10.9. The predicted molar refractivity (Wildman–Crippen MR) is 57.2 cm³/mol. The van der Waals surface area contributed by atoms with Crippen molar-refractivity contribution in [1.29, 1.82) is 0 Å². The second-order valence-corrected chi connectivity index (χ2v) is 3.65. The Balaban J connectivity index is 2.72. The Morgan fingerprint density at radius 3 is 2.79 bits per heavy atom. The molecule has 1 heterocycles. The fourth-order valence-electron chi connectivity index (χ4n) is 1.67. The molecule has 0 saturated carbocycles. The van der Waals surface area contributed by atoms with Crippen molar-refractivity contribution in [1.82, 2.24) is 4.98 Å². The summed E-state index contributed by atoms with van der Waals surface area (Å²) in [6.45, 7) is 3.78. The minimum atomic E-state index is 0.245. The molecule has 2 nitrogen and oxygen atoms in total. The van der Waals surface area contributed by atoms with Crippen LogP contribution in [0.3, 0.4) is 0 Å². The van der Waals surface area contributed by atoms with Crippen molar-refractivity contribution in [3.05, 3.63) is 30.1 Å². The number of hydrogen-bond donors (Lipinski definition) is 0. The van der Waals surface area contributed by atoms with Crippen LogP contribution in [0.4, 0.5) is 0 Å². The van der Waals surface area contributed by atoms with Gasteiger partial charge in [0.25, 0.3) is 0 Å². The van der Waals surface area contributed by atoms with Crippen LogP contribution in [-0.4, -0.2) is 10.8 Å². The van der Waals surface area contributed by atoms with E-state index >= 15 is 0 Å². The zero-order valence-corrected chi connectivity index (χ0v) is 8.86. The molecule has 0 spiro atoms. The van der Waals surface area contributed by atoms with E-state index in [0.717, 1.165) is 18.5 Å². The van der Waals surface area contributed by atoms with Crippen LogP contribution < -0.4 is 0 Å². The average molecular weight is 191 g/mol. The van der Waals surface area contributed by atoms with Crippen molar-refractivity contribution in [2.75, 3.05) is 0 Å². The molecule has 0 fully saturated rings. The van der Waals surface area contributed by atoms with E-state index in [1.807, 2.05) is 18.2 Å². The van der Waals surface area contributed by atoms with Crippen molar-refractivity contribution in [2.45, 2.75) is 39.0 Å². The quantitative estimate of drug-likeness (QED) is 0.716. The molecule has 1 unspecified atom stereocenters. The molecule has 1 aromatic rings. The summed E-state index contributed by atoms with van der Waals surface area (Å²) in [5.41, 5.74) is 1.05. The smallest absolute Gasteiger partial charge is 0.130 e. The zero-order chi connectivity index (χ0) is 10.4. The van der Waals surface area contributed by atoms with Crippen LogP contribution in [0.25, 0.3) is 0 Å². The first-order valence-electron chi connectivity index (χ1n) is 5.14. The van der Waals surface area contributed by atoms with Gasteiger partial charge in [0.1, 0.15) is 5.78 Å². The first-order chi connectivity index (χ1) is 6.74. The van der Waals surface area contributed by atoms with E-state index in [-0.39, 0.29) is 5.78 Å². The Bertz CT molecular complexity index is 282. The Morgan fingerprint density at radius 2 is 2.29 bits per heavy atom. The normalized spacial score (nSPS) is 12.4. The van der Waals surface area contributed by atoms with Gasteiger partial charge in [0.15, 0.2) is 0 Å². The monoisotopic (exact) mass is 191 g/mol. The molecule has 76 valence electrons. The number of carbonyl (C=O) groups excluding carboxylic acids is 1. The zero-order valence-electron chi connectivity index (χ0n) is 8.86. The lowest BCUT2D eigenvalue weighted by Gasteiger charge is -2.13. The van der Waals surface area contributed by atoms with Gasteiger partial charge in [-0.3, -0.25) is 4.98 Å². The molecule has 0 bridgehead atoms. The molecule has 1 rings (SSSR count). The van der Waals surface area contributed by atoms with Crippen LogP contribution in [0.1, 0.15) is 44.7 Å². The van der Waals surface area contributed by atoms with Gasteiger partial charge in [-0.15, -0.1) is 0 Å². The molecular weight excluding hydrogens is 174 g/mol.